The molecule has 2 amide bonds. The Balaban J connectivity index is 1.85. The minimum absolute atomic E-state index is 0.0202. The monoisotopic (exact) mass is 526 g/mol. The molecule has 3 rings (SSSR count). The summed E-state index contributed by atoms with van der Waals surface area (Å²) in [6.07, 6.45) is 1.16. The number of amides is 2. The molecule has 2 atom stereocenters. The van der Waals surface area contributed by atoms with E-state index >= 15 is 0 Å². The van der Waals surface area contributed by atoms with E-state index in [1.165, 1.54) is 23.9 Å². The van der Waals surface area contributed by atoms with Crippen molar-refractivity contribution >= 4 is 35.2 Å². The topological polar surface area (TPSA) is 49.4 Å². The van der Waals surface area contributed by atoms with Crippen molar-refractivity contribution in [1.82, 2.24) is 10.2 Å². The molecule has 0 aliphatic rings. The summed E-state index contributed by atoms with van der Waals surface area (Å²) in [5, 5.41) is 3.71. The van der Waals surface area contributed by atoms with E-state index < -0.39 is 6.04 Å². The highest BCUT2D eigenvalue weighted by molar-refractivity contribution is 7.99. The molecule has 4 nitrogen and oxygen atoms in total. The van der Waals surface area contributed by atoms with Crippen LogP contribution in [0, 0.1) is 5.82 Å². The lowest BCUT2D eigenvalue weighted by Gasteiger charge is -2.32. The van der Waals surface area contributed by atoms with Crippen LogP contribution in [0.4, 0.5) is 4.39 Å². The molecule has 0 aliphatic carbocycles. The molecule has 0 heterocycles. The Bertz CT molecular complexity index is 1130. The van der Waals surface area contributed by atoms with Crippen LogP contribution in [0.25, 0.3) is 0 Å². The van der Waals surface area contributed by atoms with Crippen molar-refractivity contribution in [2.75, 3.05) is 5.75 Å². The summed E-state index contributed by atoms with van der Waals surface area (Å²) in [5.74, 6) is 0.0747. The van der Waals surface area contributed by atoms with Crippen LogP contribution in [0.1, 0.15) is 37.0 Å². The average Bonchev–Trinajstić information content (AvgIpc) is 2.88. The van der Waals surface area contributed by atoms with Crippen LogP contribution in [0.3, 0.4) is 0 Å². The Kier molecular flexibility index (Phi) is 10.8. The van der Waals surface area contributed by atoms with Crippen LogP contribution in [-0.2, 0) is 28.3 Å². The third kappa shape index (κ3) is 8.38. The molecule has 36 heavy (non-hydrogen) atoms. The number of thioether (sulfide) groups is 1. The van der Waals surface area contributed by atoms with Gasteiger partial charge in [-0.1, -0.05) is 79.2 Å². The summed E-state index contributed by atoms with van der Waals surface area (Å²) in [5.41, 5.74) is 2.68. The predicted octanol–water partition coefficient (Wildman–Crippen LogP) is 6.27. The van der Waals surface area contributed by atoms with E-state index in [-0.39, 0.29) is 36.0 Å². The highest BCUT2D eigenvalue weighted by atomic mass is 35.5. The first-order chi connectivity index (χ1) is 17.4. The maximum absolute atomic E-state index is 13.6. The zero-order valence-electron chi connectivity index (χ0n) is 20.6. The van der Waals surface area contributed by atoms with Crippen LogP contribution in [-0.4, -0.2) is 34.6 Å². The van der Waals surface area contributed by atoms with Gasteiger partial charge in [0.25, 0.3) is 0 Å². The van der Waals surface area contributed by atoms with Gasteiger partial charge in [0.15, 0.2) is 0 Å². The molecule has 0 radical (unpaired) electrons. The van der Waals surface area contributed by atoms with Crippen LogP contribution in [0.5, 0.6) is 0 Å². The van der Waals surface area contributed by atoms with Crippen LogP contribution < -0.4 is 5.32 Å². The van der Waals surface area contributed by atoms with E-state index in [4.69, 9.17) is 11.6 Å². The van der Waals surface area contributed by atoms with Crippen LogP contribution in [0.15, 0.2) is 78.9 Å². The largest absolute Gasteiger partial charge is 0.352 e. The number of carbonyl (C=O) groups excluding carboxylic acids is 2. The lowest BCUT2D eigenvalue weighted by atomic mass is 10.0. The predicted molar refractivity (Wildman–Crippen MR) is 146 cm³/mol. The normalized spacial score (nSPS) is 12.6. The molecule has 0 saturated heterocycles. The van der Waals surface area contributed by atoms with Gasteiger partial charge < -0.3 is 10.2 Å². The van der Waals surface area contributed by atoms with Crippen molar-refractivity contribution in [2.45, 2.75) is 51.1 Å². The fourth-order valence-electron chi connectivity index (χ4n) is 3.73. The number of nitrogens with one attached hydrogen (secondary N) is 1. The van der Waals surface area contributed by atoms with Crippen molar-refractivity contribution in [3.8, 4) is 0 Å². The smallest absolute Gasteiger partial charge is 0.243 e. The highest BCUT2D eigenvalue weighted by Gasteiger charge is 2.30. The van der Waals surface area contributed by atoms with Crippen molar-refractivity contribution in [1.29, 1.82) is 0 Å². The summed E-state index contributed by atoms with van der Waals surface area (Å²) in [6.45, 7) is 4.16. The zero-order chi connectivity index (χ0) is 25.9. The molecular weight excluding hydrogens is 495 g/mol. The van der Waals surface area contributed by atoms with Gasteiger partial charge in [-0.05, 0) is 48.2 Å². The molecule has 190 valence electrons. The first-order valence-electron chi connectivity index (χ1n) is 12.1. The molecule has 0 aromatic heterocycles. The van der Waals surface area contributed by atoms with Gasteiger partial charge in [-0.25, -0.2) is 4.39 Å². The van der Waals surface area contributed by atoms with Gasteiger partial charge in [0.05, 0.1) is 5.75 Å². The van der Waals surface area contributed by atoms with Crippen LogP contribution in [0.2, 0.25) is 5.02 Å². The van der Waals surface area contributed by atoms with Crippen molar-refractivity contribution in [3.63, 3.8) is 0 Å². The minimum Gasteiger partial charge on any atom is -0.352 e. The van der Waals surface area contributed by atoms with E-state index in [9.17, 15) is 14.0 Å². The average molecular weight is 527 g/mol. The second-order valence-corrected chi connectivity index (χ2v) is 10.1. The molecule has 7 heteroatoms. The second kappa shape index (κ2) is 14.0. The quantitative estimate of drug-likeness (QED) is 0.303. The number of rotatable bonds is 12. The lowest BCUT2D eigenvalue weighted by Crippen LogP contribution is -2.52. The number of hydrogen-bond acceptors (Lipinski definition) is 3. The van der Waals surface area contributed by atoms with E-state index in [1.54, 1.807) is 17.0 Å². The molecule has 1 N–H and O–H groups in total. The Morgan fingerprint density at radius 1 is 0.972 bits per heavy atom. The van der Waals surface area contributed by atoms with Crippen LogP contribution >= 0.6 is 23.4 Å². The third-order valence-electron chi connectivity index (χ3n) is 5.98. The van der Waals surface area contributed by atoms with Gasteiger partial charge in [-0.2, -0.15) is 0 Å². The molecule has 3 aromatic rings. The lowest BCUT2D eigenvalue weighted by molar-refractivity contribution is -0.139. The minimum atomic E-state index is -0.708. The number of benzene rings is 3. The Morgan fingerprint density at radius 2 is 1.64 bits per heavy atom. The van der Waals surface area contributed by atoms with Gasteiger partial charge in [0.2, 0.25) is 11.8 Å². The molecule has 0 fully saturated rings. The van der Waals surface area contributed by atoms with Gasteiger partial charge >= 0.3 is 0 Å². The van der Waals surface area contributed by atoms with E-state index in [0.717, 1.165) is 23.1 Å². The molecule has 0 spiro atoms. The fraction of sp³-hybridized carbons (Fsp3) is 0.310. The first-order valence-corrected chi connectivity index (χ1v) is 13.6. The number of nitrogens with zero attached hydrogens (tertiary/aromatic N) is 1. The Hall–Kier alpha value is -2.83. The second-order valence-electron chi connectivity index (χ2n) is 8.76. The summed E-state index contributed by atoms with van der Waals surface area (Å²) in [4.78, 5) is 28.7. The molecule has 0 bridgehead atoms. The summed E-state index contributed by atoms with van der Waals surface area (Å²) < 4.78 is 13.5. The number of hydrogen-bond donors (Lipinski definition) is 1. The Labute approximate surface area is 222 Å². The van der Waals surface area contributed by atoms with Gasteiger partial charge in [-0.15, -0.1) is 11.8 Å². The maximum atomic E-state index is 13.6. The zero-order valence-corrected chi connectivity index (χ0v) is 22.2. The highest BCUT2D eigenvalue weighted by Crippen LogP contribution is 2.22. The van der Waals surface area contributed by atoms with Crippen molar-refractivity contribution in [2.24, 2.45) is 0 Å². The summed E-state index contributed by atoms with van der Waals surface area (Å²) in [7, 11) is 0. The summed E-state index contributed by atoms with van der Waals surface area (Å²) in [6, 6.07) is 22.5. The SMILES string of the molecule is CCC(C)NC(=O)C(Cc1ccccc1)N(Cc1ccc(F)cc1)C(=O)CSCc1ccccc1Cl. The molecular formula is C29H32ClFN2O2S. The van der Waals surface area contributed by atoms with Crippen molar-refractivity contribution in [3.05, 3.63) is 106 Å². The molecule has 2 unspecified atom stereocenters. The molecule has 3 aromatic carbocycles. The first kappa shape index (κ1) is 27.8. The van der Waals surface area contributed by atoms with E-state index in [1.807, 2.05) is 68.4 Å². The van der Waals surface area contributed by atoms with Crippen molar-refractivity contribution < 1.29 is 14.0 Å². The third-order valence-corrected chi connectivity index (χ3v) is 7.31. The fourth-order valence-corrected chi connectivity index (χ4v) is 4.92. The standard InChI is InChI=1S/C29H32ClFN2O2S/c1-3-21(2)32-29(35)27(17-22-9-5-4-6-10-22)33(18-23-13-15-25(31)16-14-23)28(34)20-36-19-24-11-7-8-12-26(24)30/h4-16,21,27H,3,17-20H2,1-2H3,(H,32,35). The summed E-state index contributed by atoms with van der Waals surface area (Å²) >= 11 is 7.73. The Morgan fingerprint density at radius 3 is 2.31 bits per heavy atom. The van der Waals surface area contributed by atoms with E-state index in [0.29, 0.717) is 17.2 Å². The molecule has 0 aliphatic heterocycles. The van der Waals surface area contributed by atoms with Gasteiger partial charge in [0.1, 0.15) is 11.9 Å². The van der Waals surface area contributed by atoms with Gasteiger partial charge in [0, 0.05) is 29.8 Å². The van der Waals surface area contributed by atoms with Gasteiger partial charge in [-0.3, -0.25) is 9.59 Å². The number of halogens is 2. The van der Waals surface area contributed by atoms with E-state index in [2.05, 4.69) is 5.32 Å². The molecule has 0 saturated carbocycles. The maximum Gasteiger partial charge on any atom is 0.243 e. The number of carbonyl (C=O) groups is 2.